The Morgan fingerprint density at radius 2 is 1.83 bits per heavy atom. The lowest BCUT2D eigenvalue weighted by Crippen LogP contribution is -2.37. The Morgan fingerprint density at radius 3 is 2.50 bits per heavy atom. The molecule has 128 valence electrons. The Balaban J connectivity index is 1.87. The predicted octanol–water partition coefficient (Wildman–Crippen LogP) is 4.39. The van der Waals surface area contributed by atoms with E-state index in [1.54, 1.807) is 6.92 Å². The molecule has 0 saturated carbocycles. The van der Waals surface area contributed by atoms with E-state index in [2.05, 4.69) is 11.4 Å². The number of hydrogen-bond acceptors (Lipinski definition) is 2. The second kappa shape index (κ2) is 8.20. The topological polar surface area (TPSA) is 38.3 Å². The lowest BCUT2D eigenvalue weighted by molar-refractivity contribution is -0.127. The van der Waals surface area contributed by atoms with Crippen LogP contribution in [-0.4, -0.2) is 18.6 Å². The van der Waals surface area contributed by atoms with Crippen molar-refractivity contribution in [3.63, 3.8) is 0 Å². The van der Waals surface area contributed by atoms with E-state index in [0.29, 0.717) is 11.6 Å². The Morgan fingerprint density at radius 1 is 1.17 bits per heavy atom. The minimum atomic E-state index is -0.532. The molecule has 1 amide bonds. The molecule has 1 atom stereocenters. The van der Waals surface area contributed by atoms with Gasteiger partial charge < -0.3 is 10.1 Å². The first-order valence-corrected chi connectivity index (χ1v) is 8.51. The summed E-state index contributed by atoms with van der Waals surface area (Å²) in [5, 5.41) is 3.63. The molecule has 3 nitrogen and oxygen atoms in total. The van der Waals surface area contributed by atoms with Gasteiger partial charge in [0.1, 0.15) is 5.75 Å². The maximum absolute atomic E-state index is 12.2. The number of carbonyl (C=O) groups is 1. The molecule has 2 aromatic rings. The van der Waals surface area contributed by atoms with Crippen LogP contribution in [0.5, 0.6) is 5.75 Å². The van der Waals surface area contributed by atoms with Gasteiger partial charge in [-0.3, -0.25) is 4.79 Å². The largest absolute Gasteiger partial charge is 0.481 e. The van der Waals surface area contributed by atoms with Crippen molar-refractivity contribution >= 4 is 17.5 Å². The number of nitrogens with one attached hydrogen (secondary N) is 1. The molecule has 0 saturated heterocycles. The Kier molecular flexibility index (Phi) is 6.27. The third kappa shape index (κ3) is 5.00. The first-order valence-electron chi connectivity index (χ1n) is 8.13. The quantitative estimate of drug-likeness (QED) is 0.843. The molecule has 0 radical (unpaired) electrons. The molecule has 0 aromatic heterocycles. The molecule has 1 N–H and O–H groups in total. The molecule has 0 aliphatic rings. The van der Waals surface area contributed by atoms with Gasteiger partial charge in [-0.05, 0) is 74.6 Å². The number of carbonyl (C=O) groups excluding carboxylic acids is 1. The van der Waals surface area contributed by atoms with Gasteiger partial charge in [0, 0.05) is 11.6 Å². The molecule has 0 bridgehead atoms. The zero-order chi connectivity index (χ0) is 17.7. The van der Waals surface area contributed by atoms with Crippen LogP contribution in [0, 0.1) is 20.8 Å². The van der Waals surface area contributed by atoms with E-state index in [4.69, 9.17) is 16.3 Å². The van der Waals surface area contributed by atoms with Crippen LogP contribution in [0.15, 0.2) is 36.4 Å². The molecule has 1 unspecified atom stereocenters. The molecule has 0 heterocycles. The number of ether oxygens (including phenoxy) is 1. The second-order valence-corrected chi connectivity index (χ2v) is 6.57. The van der Waals surface area contributed by atoms with Crippen LogP contribution < -0.4 is 10.1 Å². The van der Waals surface area contributed by atoms with Gasteiger partial charge in [-0.1, -0.05) is 29.8 Å². The third-order valence-corrected chi connectivity index (χ3v) is 4.32. The maximum Gasteiger partial charge on any atom is 0.260 e. The summed E-state index contributed by atoms with van der Waals surface area (Å²) in [5.74, 6) is 0.662. The Hall–Kier alpha value is -2.00. The van der Waals surface area contributed by atoms with Crippen molar-refractivity contribution in [2.75, 3.05) is 6.54 Å². The smallest absolute Gasteiger partial charge is 0.260 e. The van der Waals surface area contributed by atoms with Crippen LogP contribution in [0.3, 0.4) is 0 Å². The van der Waals surface area contributed by atoms with Crippen molar-refractivity contribution < 1.29 is 9.53 Å². The highest BCUT2D eigenvalue weighted by molar-refractivity contribution is 6.30. The lowest BCUT2D eigenvalue weighted by atomic mass is 10.1. The molecule has 0 aliphatic carbocycles. The number of amides is 1. The highest BCUT2D eigenvalue weighted by Crippen LogP contribution is 2.24. The Bertz CT molecular complexity index is 710. The zero-order valence-electron chi connectivity index (χ0n) is 14.7. The summed E-state index contributed by atoms with van der Waals surface area (Å²) in [6, 6.07) is 11.7. The first kappa shape index (κ1) is 18.3. The summed E-state index contributed by atoms with van der Waals surface area (Å²) in [5.41, 5.74) is 4.50. The van der Waals surface area contributed by atoms with E-state index in [9.17, 15) is 4.79 Å². The van der Waals surface area contributed by atoms with Crippen LogP contribution in [0.1, 0.15) is 29.2 Å². The fourth-order valence-electron chi connectivity index (χ4n) is 2.49. The van der Waals surface area contributed by atoms with Gasteiger partial charge in [-0.25, -0.2) is 0 Å². The molecule has 2 aromatic carbocycles. The van der Waals surface area contributed by atoms with Gasteiger partial charge in [0.05, 0.1) is 0 Å². The highest BCUT2D eigenvalue weighted by Gasteiger charge is 2.16. The molecule has 0 fully saturated rings. The van der Waals surface area contributed by atoms with E-state index in [1.165, 1.54) is 5.56 Å². The van der Waals surface area contributed by atoms with Crippen molar-refractivity contribution in [3.05, 3.63) is 63.7 Å². The average molecular weight is 346 g/mol. The summed E-state index contributed by atoms with van der Waals surface area (Å²) < 4.78 is 5.86. The van der Waals surface area contributed by atoms with E-state index >= 15 is 0 Å². The minimum Gasteiger partial charge on any atom is -0.481 e. The average Bonchev–Trinajstić information content (AvgIpc) is 2.53. The molecule has 24 heavy (non-hydrogen) atoms. The van der Waals surface area contributed by atoms with Crippen LogP contribution in [0.25, 0.3) is 0 Å². The van der Waals surface area contributed by atoms with Gasteiger partial charge in [-0.2, -0.15) is 0 Å². The minimum absolute atomic E-state index is 0.109. The van der Waals surface area contributed by atoms with E-state index in [0.717, 1.165) is 28.9 Å². The van der Waals surface area contributed by atoms with Crippen molar-refractivity contribution in [3.8, 4) is 5.75 Å². The molecule has 2 rings (SSSR count). The second-order valence-electron chi connectivity index (χ2n) is 6.13. The highest BCUT2D eigenvalue weighted by atomic mass is 35.5. The van der Waals surface area contributed by atoms with Crippen LogP contribution >= 0.6 is 11.6 Å². The molecule has 4 heteroatoms. The normalized spacial score (nSPS) is 11.9. The lowest BCUT2D eigenvalue weighted by Gasteiger charge is -2.18. The summed E-state index contributed by atoms with van der Waals surface area (Å²) in [4.78, 5) is 12.2. The monoisotopic (exact) mass is 345 g/mol. The fraction of sp³-hybridized carbons (Fsp3) is 0.350. The van der Waals surface area contributed by atoms with Gasteiger partial charge >= 0.3 is 0 Å². The van der Waals surface area contributed by atoms with Crippen LogP contribution in [-0.2, 0) is 11.2 Å². The van der Waals surface area contributed by atoms with Crippen molar-refractivity contribution in [1.82, 2.24) is 5.32 Å². The van der Waals surface area contributed by atoms with E-state index in [1.807, 2.05) is 51.1 Å². The van der Waals surface area contributed by atoms with E-state index in [-0.39, 0.29) is 5.91 Å². The van der Waals surface area contributed by atoms with Gasteiger partial charge in [0.15, 0.2) is 6.10 Å². The summed E-state index contributed by atoms with van der Waals surface area (Å²) in [6.07, 6.45) is 0.230. The Labute approximate surface area is 149 Å². The summed E-state index contributed by atoms with van der Waals surface area (Å²) >= 11 is 5.86. The number of halogens is 1. The van der Waals surface area contributed by atoms with Gasteiger partial charge in [-0.15, -0.1) is 0 Å². The first-order chi connectivity index (χ1) is 11.4. The summed E-state index contributed by atoms with van der Waals surface area (Å²) in [7, 11) is 0. The van der Waals surface area contributed by atoms with Crippen molar-refractivity contribution in [2.45, 2.75) is 40.2 Å². The summed E-state index contributed by atoms with van der Waals surface area (Å²) in [6.45, 7) is 8.42. The number of aryl methyl sites for hydroxylation is 2. The zero-order valence-corrected chi connectivity index (χ0v) is 15.4. The van der Waals surface area contributed by atoms with Crippen molar-refractivity contribution in [1.29, 1.82) is 0 Å². The molecule has 0 aliphatic heterocycles. The van der Waals surface area contributed by atoms with Gasteiger partial charge in [0.2, 0.25) is 0 Å². The fourth-order valence-corrected chi connectivity index (χ4v) is 2.62. The third-order valence-electron chi connectivity index (χ3n) is 4.06. The van der Waals surface area contributed by atoms with Gasteiger partial charge in [0.25, 0.3) is 5.91 Å². The van der Waals surface area contributed by atoms with Crippen LogP contribution in [0.4, 0.5) is 0 Å². The molecular weight excluding hydrogens is 322 g/mol. The van der Waals surface area contributed by atoms with Crippen LogP contribution in [0.2, 0.25) is 5.02 Å². The molecular formula is C20H24ClNO2. The standard InChI is InChI=1S/C20H24ClNO2/c1-13-11-14(2)15(3)19(12-13)24-16(4)20(23)22-10-9-17-5-7-18(21)8-6-17/h5-8,11-12,16H,9-10H2,1-4H3,(H,22,23). The number of rotatable bonds is 6. The maximum atomic E-state index is 12.2. The van der Waals surface area contributed by atoms with E-state index < -0.39 is 6.10 Å². The SMILES string of the molecule is Cc1cc(C)c(C)c(OC(C)C(=O)NCCc2ccc(Cl)cc2)c1. The predicted molar refractivity (Wildman–Crippen MR) is 98.9 cm³/mol. The number of hydrogen-bond donors (Lipinski definition) is 1. The molecule has 0 spiro atoms. The number of benzene rings is 2. The van der Waals surface area contributed by atoms with Crippen molar-refractivity contribution in [2.24, 2.45) is 0 Å².